The summed E-state index contributed by atoms with van der Waals surface area (Å²) >= 11 is 0. The molecule has 0 aliphatic heterocycles. The third-order valence-electron chi connectivity index (χ3n) is 3.96. The Labute approximate surface area is 118 Å². The highest BCUT2D eigenvalue weighted by Gasteiger charge is 2.19. The van der Waals surface area contributed by atoms with Crippen LogP contribution in [-0.4, -0.2) is 13.1 Å². The van der Waals surface area contributed by atoms with Gasteiger partial charge in [-0.25, -0.2) is 0 Å². The van der Waals surface area contributed by atoms with E-state index in [1.165, 1.54) is 0 Å². The lowest BCUT2D eigenvalue weighted by molar-refractivity contribution is 0.499. The molecule has 1 heterocycles. The van der Waals surface area contributed by atoms with E-state index < -0.39 is 0 Å². The number of nitrogens with one attached hydrogen (secondary N) is 1. The van der Waals surface area contributed by atoms with Crippen molar-refractivity contribution >= 4 is 17.0 Å². The second-order valence-electron chi connectivity index (χ2n) is 5.64. The van der Waals surface area contributed by atoms with Gasteiger partial charge < -0.3 is 9.73 Å². The highest BCUT2D eigenvalue weighted by molar-refractivity contribution is 5.80. The first-order valence-corrected chi connectivity index (χ1v) is 7.05. The summed E-state index contributed by atoms with van der Waals surface area (Å²) in [7, 11) is 1.91. The Balaban J connectivity index is 2.22. The lowest BCUT2D eigenvalue weighted by atomic mass is 9.96. The SMILES string of the molecule is CNC1C=Cc2c(oc3ccc(C(C)C)cc3c2=O)C1. The van der Waals surface area contributed by atoms with Crippen molar-refractivity contribution in [2.24, 2.45) is 0 Å². The van der Waals surface area contributed by atoms with Gasteiger partial charge in [0.2, 0.25) is 0 Å². The third-order valence-corrected chi connectivity index (χ3v) is 3.96. The monoisotopic (exact) mass is 269 g/mol. The van der Waals surface area contributed by atoms with Gasteiger partial charge in [0.15, 0.2) is 5.43 Å². The van der Waals surface area contributed by atoms with Crippen LogP contribution in [0.4, 0.5) is 0 Å². The van der Waals surface area contributed by atoms with Gasteiger partial charge in [-0.05, 0) is 30.7 Å². The van der Waals surface area contributed by atoms with Crippen LogP contribution >= 0.6 is 0 Å². The molecular formula is C17H19NO2. The molecule has 1 aliphatic rings. The summed E-state index contributed by atoms with van der Waals surface area (Å²) in [4.78, 5) is 12.6. The number of rotatable bonds is 2. The van der Waals surface area contributed by atoms with Gasteiger partial charge in [0, 0.05) is 12.5 Å². The molecule has 20 heavy (non-hydrogen) atoms. The zero-order chi connectivity index (χ0) is 14.3. The van der Waals surface area contributed by atoms with Crippen LogP contribution < -0.4 is 10.7 Å². The smallest absolute Gasteiger partial charge is 0.200 e. The number of benzene rings is 1. The largest absolute Gasteiger partial charge is 0.460 e. The van der Waals surface area contributed by atoms with Crippen molar-refractivity contribution in [3.63, 3.8) is 0 Å². The summed E-state index contributed by atoms with van der Waals surface area (Å²) in [6, 6.07) is 6.15. The fourth-order valence-electron chi connectivity index (χ4n) is 2.63. The Morgan fingerprint density at radius 3 is 2.85 bits per heavy atom. The van der Waals surface area contributed by atoms with Gasteiger partial charge in [-0.2, -0.15) is 0 Å². The number of hydrogen-bond acceptors (Lipinski definition) is 3. The molecule has 1 N–H and O–H groups in total. The average molecular weight is 269 g/mol. The Morgan fingerprint density at radius 1 is 1.35 bits per heavy atom. The molecule has 2 aromatic rings. The van der Waals surface area contributed by atoms with Crippen LogP contribution in [0.2, 0.25) is 0 Å². The molecule has 104 valence electrons. The topological polar surface area (TPSA) is 42.2 Å². The van der Waals surface area contributed by atoms with Crippen molar-refractivity contribution < 1.29 is 4.42 Å². The first-order chi connectivity index (χ1) is 9.60. The number of likely N-dealkylation sites (N-methyl/N-ethyl adjacent to an activating group) is 1. The van der Waals surface area contributed by atoms with E-state index in [1.807, 2.05) is 37.4 Å². The van der Waals surface area contributed by atoms with Gasteiger partial charge in [0.05, 0.1) is 10.9 Å². The van der Waals surface area contributed by atoms with Crippen LogP contribution in [0.25, 0.3) is 17.0 Å². The normalized spacial score (nSPS) is 17.7. The van der Waals surface area contributed by atoms with Gasteiger partial charge in [0.1, 0.15) is 11.3 Å². The Hall–Kier alpha value is -1.87. The van der Waals surface area contributed by atoms with E-state index in [1.54, 1.807) is 0 Å². The standard InChI is InChI=1S/C17H19NO2/c1-10(2)11-4-7-15-14(8-11)17(19)13-6-5-12(18-3)9-16(13)20-15/h4-8,10,12,18H,9H2,1-3H3. The van der Waals surface area contributed by atoms with Crippen LogP contribution in [-0.2, 0) is 6.42 Å². The van der Waals surface area contributed by atoms with E-state index in [0.717, 1.165) is 17.7 Å². The highest BCUT2D eigenvalue weighted by atomic mass is 16.3. The average Bonchev–Trinajstić information content (AvgIpc) is 2.46. The van der Waals surface area contributed by atoms with Gasteiger partial charge in [-0.15, -0.1) is 0 Å². The first-order valence-electron chi connectivity index (χ1n) is 7.05. The molecule has 3 rings (SSSR count). The Morgan fingerprint density at radius 2 is 2.15 bits per heavy atom. The van der Waals surface area contributed by atoms with E-state index in [2.05, 4.69) is 19.2 Å². The molecule has 0 saturated carbocycles. The molecule has 0 radical (unpaired) electrons. The molecule has 1 aromatic heterocycles. The second-order valence-corrected chi connectivity index (χ2v) is 5.64. The van der Waals surface area contributed by atoms with Crippen molar-refractivity contribution in [2.45, 2.75) is 32.2 Å². The minimum absolute atomic E-state index is 0.0783. The van der Waals surface area contributed by atoms with Gasteiger partial charge in [-0.1, -0.05) is 32.1 Å². The molecular weight excluding hydrogens is 250 g/mol. The minimum Gasteiger partial charge on any atom is -0.460 e. The van der Waals surface area contributed by atoms with E-state index >= 15 is 0 Å². The van der Waals surface area contributed by atoms with E-state index in [9.17, 15) is 4.79 Å². The molecule has 1 atom stereocenters. The quantitative estimate of drug-likeness (QED) is 0.911. The molecule has 3 heteroatoms. The first kappa shape index (κ1) is 13.1. The van der Waals surface area contributed by atoms with Gasteiger partial charge in [0.25, 0.3) is 0 Å². The lowest BCUT2D eigenvalue weighted by Gasteiger charge is -2.18. The van der Waals surface area contributed by atoms with Crippen LogP contribution in [0, 0.1) is 0 Å². The highest BCUT2D eigenvalue weighted by Crippen LogP contribution is 2.24. The molecule has 0 amide bonds. The van der Waals surface area contributed by atoms with Crippen molar-refractivity contribution in [1.82, 2.24) is 5.32 Å². The molecule has 0 bridgehead atoms. The Kier molecular flexibility index (Phi) is 3.22. The maximum absolute atomic E-state index is 12.6. The van der Waals surface area contributed by atoms with E-state index in [4.69, 9.17) is 4.42 Å². The summed E-state index contributed by atoms with van der Waals surface area (Å²) in [5.41, 5.74) is 2.63. The lowest BCUT2D eigenvalue weighted by Crippen LogP contribution is -2.29. The zero-order valence-electron chi connectivity index (χ0n) is 12.1. The summed E-state index contributed by atoms with van der Waals surface area (Å²) in [5.74, 6) is 1.18. The summed E-state index contributed by atoms with van der Waals surface area (Å²) in [6.07, 6.45) is 4.63. The molecule has 3 nitrogen and oxygen atoms in total. The summed E-state index contributed by atoms with van der Waals surface area (Å²) in [5, 5.41) is 3.87. The summed E-state index contributed by atoms with van der Waals surface area (Å²) in [6.45, 7) is 4.25. The molecule has 1 aliphatic carbocycles. The zero-order valence-corrected chi connectivity index (χ0v) is 12.1. The molecule has 1 unspecified atom stereocenters. The van der Waals surface area contributed by atoms with Crippen molar-refractivity contribution in [3.05, 3.63) is 51.4 Å². The fraction of sp³-hybridized carbons (Fsp3) is 0.353. The molecule has 0 saturated heterocycles. The maximum Gasteiger partial charge on any atom is 0.200 e. The molecule has 0 spiro atoms. The van der Waals surface area contributed by atoms with E-state index in [-0.39, 0.29) is 11.5 Å². The Bertz CT molecular complexity index is 740. The fourth-order valence-corrected chi connectivity index (χ4v) is 2.63. The van der Waals surface area contributed by atoms with Crippen molar-refractivity contribution in [2.75, 3.05) is 7.05 Å². The maximum atomic E-state index is 12.6. The third kappa shape index (κ3) is 2.08. The second kappa shape index (κ2) is 4.91. The minimum atomic E-state index is 0.0783. The van der Waals surface area contributed by atoms with Gasteiger partial charge >= 0.3 is 0 Å². The van der Waals surface area contributed by atoms with Crippen LogP contribution in [0.15, 0.2) is 33.5 Å². The molecule has 0 fully saturated rings. The van der Waals surface area contributed by atoms with Crippen molar-refractivity contribution in [1.29, 1.82) is 0 Å². The van der Waals surface area contributed by atoms with Crippen LogP contribution in [0.3, 0.4) is 0 Å². The predicted octanol–water partition coefficient (Wildman–Crippen LogP) is 3.07. The number of fused-ring (bicyclic) bond motifs is 2. The molecule has 1 aromatic carbocycles. The van der Waals surface area contributed by atoms with E-state index in [0.29, 0.717) is 22.5 Å². The van der Waals surface area contributed by atoms with Crippen molar-refractivity contribution in [3.8, 4) is 0 Å². The predicted molar refractivity (Wildman–Crippen MR) is 82.2 cm³/mol. The summed E-state index contributed by atoms with van der Waals surface area (Å²) < 4.78 is 5.94. The van der Waals surface area contributed by atoms with Gasteiger partial charge in [-0.3, -0.25) is 4.79 Å². The van der Waals surface area contributed by atoms with Crippen LogP contribution in [0.1, 0.15) is 36.7 Å². The van der Waals surface area contributed by atoms with Crippen LogP contribution in [0.5, 0.6) is 0 Å². The number of hydrogen-bond donors (Lipinski definition) is 1.